The summed E-state index contributed by atoms with van der Waals surface area (Å²) in [5, 5.41) is 3.77. The van der Waals surface area contributed by atoms with Crippen molar-refractivity contribution in [3.8, 4) is 0 Å². The Labute approximate surface area is 126 Å². The smallest absolute Gasteiger partial charge is 0.0597 e. The minimum absolute atomic E-state index is 0.340. The van der Waals surface area contributed by atoms with Gasteiger partial charge in [0.05, 0.1) is 12.7 Å². The highest BCUT2D eigenvalue weighted by Gasteiger charge is 2.30. The van der Waals surface area contributed by atoms with Crippen LogP contribution in [0.5, 0.6) is 0 Å². The van der Waals surface area contributed by atoms with Gasteiger partial charge in [0, 0.05) is 31.7 Å². The quantitative estimate of drug-likeness (QED) is 0.741. The molecule has 1 heterocycles. The van der Waals surface area contributed by atoms with Crippen molar-refractivity contribution < 1.29 is 4.74 Å². The Balaban J connectivity index is 2.53. The fourth-order valence-electron chi connectivity index (χ4n) is 3.00. The Hall–Kier alpha value is -0.120. The Morgan fingerprint density at radius 1 is 1.20 bits per heavy atom. The van der Waals surface area contributed by atoms with Crippen LogP contribution in [-0.2, 0) is 4.74 Å². The minimum Gasteiger partial charge on any atom is -0.377 e. The van der Waals surface area contributed by atoms with E-state index in [0.29, 0.717) is 18.2 Å². The van der Waals surface area contributed by atoms with Crippen LogP contribution in [0.1, 0.15) is 54.4 Å². The molecule has 0 spiro atoms. The van der Waals surface area contributed by atoms with Crippen molar-refractivity contribution in [2.75, 3.05) is 26.2 Å². The lowest BCUT2D eigenvalue weighted by molar-refractivity contribution is 0.0276. The molecule has 0 aromatic rings. The number of rotatable bonds is 8. The van der Waals surface area contributed by atoms with Crippen molar-refractivity contribution in [3.63, 3.8) is 0 Å². The van der Waals surface area contributed by atoms with Crippen LogP contribution in [0.2, 0.25) is 0 Å². The molecule has 0 radical (unpaired) electrons. The zero-order valence-electron chi connectivity index (χ0n) is 14.5. The van der Waals surface area contributed by atoms with Crippen molar-refractivity contribution in [2.24, 2.45) is 11.8 Å². The third-order valence-electron chi connectivity index (χ3n) is 4.47. The summed E-state index contributed by atoms with van der Waals surface area (Å²) in [6.45, 7) is 17.8. The van der Waals surface area contributed by atoms with E-state index in [1.807, 2.05) is 0 Å². The molecule has 1 N–H and O–H groups in total. The van der Waals surface area contributed by atoms with Gasteiger partial charge in [-0.05, 0) is 32.1 Å². The van der Waals surface area contributed by atoms with Gasteiger partial charge < -0.3 is 10.1 Å². The molecule has 1 fully saturated rings. The summed E-state index contributed by atoms with van der Waals surface area (Å²) in [7, 11) is 0. The van der Waals surface area contributed by atoms with Crippen LogP contribution in [0, 0.1) is 11.8 Å². The molecule has 1 aliphatic rings. The van der Waals surface area contributed by atoms with Gasteiger partial charge in [-0.15, -0.1) is 0 Å². The molecule has 0 aromatic carbocycles. The maximum absolute atomic E-state index is 5.76. The van der Waals surface area contributed by atoms with E-state index in [2.05, 4.69) is 51.8 Å². The molecule has 0 amide bonds. The number of hydrogen-bond acceptors (Lipinski definition) is 3. The topological polar surface area (TPSA) is 24.5 Å². The third-order valence-corrected chi connectivity index (χ3v) is 4.47. The van der Waals surface area contributed by atoms with Gasteiger partial charge in [-0.3, -0.25) is 4.90 Å². The lowest BCUT2D eigenvalue weighted by atomic mass is 9.93. The fourth-order valence-corrected chi connectivity index (χ4v) is 3.00. The second-order valence-corrected chi connectivity index (χ2v) is 7.10. The van der Waals surface area contributed by atoms with Crippen LogP contribution < -0.4 is 5.32 Å². The van der Waals surface area contributed by atoms with Crippen molar-refractivity contribution >= 4 is 0 Å². The zero-order chi connectivity index (χ0) is 15.1. The van der Waals surface area contributed by atoms with Crippen LogP contribution >= 0.6 is 0 Å². The molecular weight excluding hydrogens is 248 g/mol. The van der Waals surface area contributed by atoms with E-state index in [1.165, 1.54) is 19.4 Å². The monoisotopic (exact) mass is 284 g/mol. The van der Waals surface area contributed by atoms with E-state index in [9.17, 15) is 0 Å². The highest BCUT2D eigenvalue weighted by molar-refractivity contribution is 4.88. The molecular formula is C17H36N2O. The van der Waals surface area contributed by atoms with Crippen molar-refractivity contribution in [2.45, 2.75) is 72.6 Å². The number of piperazine rings is 1. The van der Waals surface area contributed by atoms with E-state index in [4.69, 9.17) is 4.74 Å². The predicted octanol–water partition coefficient (Wildman–Crippen LogP) is 3.15. The lowest BCUT2D eigenvalue weighted by Gasteiger charge is -2.43. The van der Waals surface area contributed by atoms with Crippen molar-refractivity contribution in [1.29, 1.82) is 0 Å². The molecule has 0 aliphatic carbocycles. The number of ether oxygens (including phenoxy) is 1. The number of hydrogen-bond donors (Lipinski definition) is 1. The van der Waals surface area contributed by atoms with E-state index >= 15 is 0 Å². The van der Waals surface area contributed by atoms with Crippen molar-refractivity contribution in [1.82, 2.24) is 10.2 Å². The van der Waals surface area contributed by atoms with Crippen LogP contribution in [0.4, 0.5) is 0 Å². The largest absolute Gasteiger partial charge is 0.377 e. The van der Waals surface area contributed by atoms with E-state index in [-0.39, 0.29) is 0 Å². The van der Waals surface area contributed by atoms with Gasteiger partial charge in [0.2, 0.25) is 0 Å². The minimum atomic E-state index is 0.340. The van der Waals surface area contributed by atoms with Crippen LogP contribution in [0.3, 0.4) is 0 Å². The molecule has 0 aromatic heterocycles. The molecule has 0 saturated carbocycles. The average molecular weight is 284 g/mol. The first-order chi connectivity index (χ1) is 9.43. The zero-order valence-corrected chi connectivity index (χ0v) is 14.5. The first kappa shape index (κ1) is 17.9. The summed E-state index contributed by atoms with van der Waals surface area (Å²) in [5.74, 6) is 1.51. The summed E-state index contributed by atoms with van der Waals surface area (Å²) < 4.78 is 5.76. The first-order valence-electron chi connectivity index (χ1n) is 8.53. The summed E-state index contributed by atoms with van der Waals surface area (Å²) in [6.07, 6.45) is 2.87. The van der Waals surface area contributed by atoms with Crippen molar-refractivity contribution in [3.05, 3.63) is 0 Å². The second kappa shape index (κ2) is 9.01. The Kier molecular flexibility index (Phi) is 8.08. The molecule has 3 unspecified atom stereocenters. The van der Waals surface area contributed by atoms with E-state index < -0.39 is 0 Å². The van der Waals surface area contributed by atoms with Gasteiger partial charge >= 0.3 is 0 Å². The molecule has 1 aliphatic heterocycles. The van der Waals surface area contributed by atoms with Gasteiger partial charge in [-0.2, -0.15) is 0 Å². The Morgan fingerprint density at radius 2 is 1.90 bits per heavy atom. The molecule has 0 bridgehead atoms. The standard InChI is InChI=1S/C17H36N2O/c1-7-15(6)17-12-19(8-9-20-14(4)5)16(11-18-17)10-13(2)3/h13-18H,7-12H2,1-6H3. The molecule has 120 valence electrons. The number of nitrogens with one attached hydrogen (secondary N) is 1. The van der Waals surface area contributed by atoms with Gasteiger partial charge in [0.15, 0.2) is 0 Å². The molecule has 1 saturated heterocycles. The molecule has 20 heavy (non-hydrogen) atoms. The van der Waals surface area contributed by atoms with Crippen LogP contribution in [0.25, 0.3) is 0 Å². The number of nitrogens with zero attached hydrogens (tertiary/aromatic N) is 1. The SMILES string of the molecule is CCC(C)C1CN(CCOC(C)C)C(CC(C)C)CN1. The normalized spacial score (nSPS) is 26.4. The highest BCUT2D eigenvalue weighted by atomic mass is 16.5. The third kappa shape index (κ3) is 6.11. The summed E-state index contributed by atoms with van der Waals surface area (Å²) in [4.78, 5) is 2.66. The maximum atomic E-state index is 5.76. The molecule has 3 heteroatoms. The summed E-state index contributed by atoms with van der Waals surface area (Å²) in [6, 6.07) is 1.31. The maximum Gasteiger partial charge on any atom is 0.0597 e. The average Bonchev–Trinajstić information content (AvgIpc) is 2.38. The molecule has 3 atom stereocenters. The fraction of sp³-hybridized carbons (Fsp3) is 1.00. The highest BCUT2D eigenvalue weighted by Crippen LogP contribution is 2.19. The van der Waals surface area contributed by atoms with Gasteiger partial charge in [0.1, 0.15) is 0 Å². The first-order valence-corrected chi connectivity index (χ1v) is 8.53. The second-order valence-electron chi connectivity index (χ2n) is 7.10. The predicted molar refractivity (Wildman–Crippen MR) is 87.1 cm³/mol. The van der Waals surface area contributed by atoms with Crippen LogP contribution in [0.15, 0.2) is 0 Å². The molecule has 1 rings (SSSR count). The Morgan fingerprint density at radius 3 is 2.45 bits per heavy atom. The van der Waals surface area contributed by atoms with E-state index in [0.717, 1.165) is 31.5 Å². The van der Waals surface area contributed by atoms with Crippen LogP contribution in [-0.4, -0.2) is 49.3 Å². The Bertz CT molecular complexity index is 255. The molecule has 3 nitrogen and oxygen atoms in total. The van der Waals surface area contributed by atoms with Gasteiger partial charge in [-0.25, -0.2) is 0 Å². The van der Waals surface area contributed by atoms with E-state index in [1.54, 1.807) is 0 Å². The summed E-state index contributed by atoms with van der Waals surface area (Å²) >= 11 is 0. The lowest BCUT2D eigenvalue weighted by Crippen LogP contribution is -2.59. The summed E-state index contributed by atoms with van der Waals surface area (Å²) in [5.41, 5.74) is 0. The van der Waals surface area contributed by atoms with Gasteiger partial charge in [-0.1, -0.05) is 34.1 Å². The van der Waals surface area contributed by atoms with Gasteiger partial charge in [0.25, 0.3) is 0 Å².